The van der Waals surface area contributed by atoms with Crippen LogP contribution in [0.1, 0.15) is 12.5 Å². The highest BCUT2D eigenvalue weighted by molar-refractivity contribution is 5.99. The van der Waals surface area contributed by atoms with E-state index in [1.165, 1.54) is 4.90 Å². The summed E-state index contributed by atoms with van der Waals surface area (Å²) in [5, 5.41) is 3.81. The lowest BCUT2D eigenvalue weighted by atomic mass is 10.1. The van der Waals surface area contributed by atoms with Crippen molar-refractivity contribution in [3.05, 3.63) is 29.8 Å². The lowest BCUT2D eigenvalue weighted by molar-refractivity contribution is -0.130. The van der Waals surface area contributed by atoms with Gasteiger partial charge in [0, 0.05) is 14.1 Å². The van der Waals surface area contributed by atoms with Crippen LogP contribution in [0.3, 0.4) is 0 Å². The number of rotatable bonds is 5. The van der Waals surface area contributed by atoms with Crippen LogP contribution in [0.4, 0.5) is 4.79 Å². The van der Waals surface area contributed by atoms with E-state index in [2.05, 4.69) is 10.5 Å². The quantitative estimate of drug-likeness (QED) is 0.608. The molecule has 0 heterocycles. The molecular formula is C13H18N4O3. The van der Waals surface area contributed by atoms with Crippen molar-refractivity contribution >= 4 is 17.6 Å². The van der Waals surface area contributed by atoms with Gasteiger partial charge in [-0.3, -0.25) is 4.79 Å². The zero-order valence-electron chi connectivity index (χ0n) is 11.7. The average Bonchev–Trinajstić information content (AvgIpc) is 2.42. The number of likely N-dealkylation sites (N-methyl/N-ethyl adjacent to an activating group) is 1. The second-order valence-electron chi connectivity index (χ2n) is 4.27. The van der Waals surface area contributed by atoms with Crippen LogP contribution in [0.25, 0.3) is 0 Å². The van der Waals surface area contributed by atoms with E-state index < -0.39 is 6.03 Å². The maximum absolute atomic E-state index is 11.4. The molecule has 1 aromatic carbocycles. The molecule has 0 fully saturated rings. The van der Waals surface area contributed by atoms with Crippen molar-refractivity contribution in [3.63, 3.8) is 0 Å². The van der Waals surface area contributed by atoms with Crippen molar-refractivity contribution in [2.75, 3.05) is 20.7 Å². The second-order valence-corrected chi connectivity index (χ2v) is 4.27. The first-order valence-electron chi connectivity index (χ1n) is 5.93. The summed E-state index contributed by atoms with van der Waals surface area (Å²) in [6.07, 6.45) is 0. The summed E-state index contributed by atoms with van der Waals surface area (Å²) in [4.78, 5) is 23.4. The van der Waals surface area contributed by atoms with E-state index in [0.717, 1.165) is 5.56 Å². The molecule has 0 bridgehead atoms. The summed E-state index contributed by atoms with van der Waals surface area (Å²) in [5.74, 6) is 0.470. The van der Waals surface area contributed by atoms with Crippen LogP contribution in [0.15, 0.2) is 29.4 Å². The zero-order valence-corrected chi connectivity index (χ0v) is 11.7. The Morgan fingerprint density at radius 3 is 2.40 bits per heavy atom. The van der Waals surface area contributed by atoms with Crippen LogP contribution >= 0.6 is 0 Å². The van der Waals surface area contributed by atoms with E-state index in [1.54, 1.807) is 45.3 Å². The molecule has 0 aromatic heterocycles. The van der Waals surface area contributed by atoms with Crippen LogP contribution in [-0.2, 0) is 4.79 Å². The number of carbonyl (C=O) groups is 2. The van der Waals surface area contributed by atoms with Gasteiger partial charge < -0.3 is 15.4 Å². The van der Waals surface area contributed by atoms with Gasteiger partial charge in [0.05, 0.1) is 5.71 Å². The van der Waals surface area contributed by atoms with Crippen LogP contribution in [0.5, 0.6) is 5.75 Å². The molecule has 0 aliphatic carbocycles. The molecule has 3 N–H and O–H groups in total. The fraction of sp³-hybridized carbons (Fsp3) is 0.308. The number of nitrogens with zero attached hydrogens (tertiary/aromatic N) is 2. The van der Waals surface area contributed by atoms with Gasteiger partial charge in [-0.2, -0.15) is 5.10 Å². The van der Waals surface area contributed by atoms with Gasteiger partial charge in [-0.15, -0.1) is 0 Å². The summed E-state index contributed by atoms with van der Waals surface area (Å²) < 4.78 is 5.34. The summed E-state index contributed by atoms with van der Waals surface area (Å²) in [5.41, 5.74) is 8.50. The van der Waals surface area contributed by atoms with E-state index in [4.69, 9.17) is 10.5 Å². The summed E-state index contributed by atoms with van der Waals surface area (Å²) >= 11 is 0. The van der Waals surface area contributed by atoms with Crippen molar-refractivity contribution < 1.29 is 14.3 Å². The number of amides is 3. The standard InChI is InChI=1S/C13H18N4O3/c1-9(15-16-13(14)19)10-4-6-11(7-5-10)20-8-12(18)17(2)3/h4-7H,8H2,1-3H3,(H3,14,16,19)/b15-9-. The minimum atomic E-state index is -0.716. The Morgan fingerprint density at radius 1 is 1.30 bits per heavy atom. The fourth-order valence-corrected chi connectivity index (χ4v) is 1.27. The Balaban J connectivity index is 2.62. The largest absolute Gasteiger partial charge is 0.484 e. The molecule has 0 saturated carbocycles. The highest BCUT2D eigenvalue weighted by Crippen LogP contribution is 2.12. The second kappa shape index (κ2) is 7.13. The van der Waals surface area contributed by atoms with Gasteiger partial charge in [0.25, 0.3) is 5.91 Å². The Morgan fingerprint density at radius 2 is 1.90 bits per heavy atom. The van der Waals surface area contributed by atoms with Gasteiger partial charge in [0.15, 0.2) is 6.61 Å². The van der Waals surface area contributed by atoms with Crippen LogP contribution < -0.4 is 15.9 Å². The summed E-state index contributed by atoms with van der Waals surface area (Å²) in [6.45, 7) is 1.73. The first-order chi connectivity index (χ1) is 9.40. The number of hydrogen-bond acceptors (Lipinski definition) is 4. The number of nitrogens with one attached hydrogen (secondary N) is 1. The minimum absolute atomic E-state index is 0.0113. The van der Waals surface area contributed by atoms with E-state index >= 15 is 0 Å². The Kier molecular flexibility index (Phi) is 5.52. The molecule has 0 spiro atoms. The third-order valence-corrected chi connectivity index (χ3v) is 2.47. The summed E-state index contributed by atoms with van der Waals surface area (Å²) in [6, 6.07) is 6.28. The average molecular weight is 278 g/mol. The molecule has 0 aliphatic rings. The molecule has 108 valence electrons. The van der Waals surface area contributed by atoms with Gasteiger partial charge in [-0.05, 0) is 36.8 Å². The highest BCUT2D eigenvalue weighted by Gasteiger charge is 2.05. The van der Waals surface area contributed by atoms with Gasteiger partial charge in [0.1, 0.15) is 5.75 Å². The number of carbonyl (C=O) groups excluding carboxylic acids is 2. The minimum Gasteiger partial charge on any atom is -0.484 e. The van der Waals surface area contributed by atoms with Gasteiger partial charge >= 0.3 is 6.03 Å². The zero-order chi connectivity index (χ0) is 15.1. The number of nitrogens with two attached hydrogens (primary N) is 1. The molecule has 0 radical (unpaired) electrons. The number of urea groups is 1. The maximum Gasteiger partial charge on any atom is 0.332 e. The predicted octanol–water partition coefficient (Wildman–Crippen LogP) is 0.546. The maximum atomic E-state index is 11.4. The Bertz CT molecular complexity index is 509. The van der Waals surface area contributed by atoms with Crippen molar-refractivity contribution in [2.24, 2.45) is 10.8 Å². The van der Waals surface area contributed by atoms with Crippen LogP contribution in [-0.4, -0.2) is 43.3 Å². The number of hydrazone groups is 1. The normalized spacial score (nSPS) is 10.8. The Labute approximate surface area is 117 Å². The summed E-state index contributed by atoms with van der Waals surface area (Å²) in [7, 11) is 3.33. The molecule has 1 rings (SSSR count). The first kappa shape index (κ1) is 15.5. The van der Waals surface area contributed by atoms with Crippen LogP contribution in [0.2, 0.25) is 0 Å². The van der Waals surface area contributed by atoms with Gasteiger partial charge in [0.2, 0.25) is 0 Å². The van der Waals surface area contributed by atoms with E-state index in [0.29, 0.717) is 11.5 Å². The Hall–Kier alpha value is -2.57. The predicted molar refractivity (Wildman–Crippen MR) is 75.6 cm³/mol. The molecule has 7 nitrogen and oxygen atoms in total. The fourth-order valence-electron chi connectivity index (χ4n) is 1.27. The molecule has 0 unspecified atom stereocenters. The first-order valence-corrected chi connectivity index (χ1v) is 5.93. The molecule has 3 amide bonds. The molecule has 7 heteroatoms. The lowest BCUT2D eigenvalue weighted by Gasteiger charge is -2.11. The van der Waals surface area contributed by atoms with Crippen molar-refractivity contribution in [3.8, 4) is 5.75 Å². The topological polar surface area (TPSA) is 97.0 Å². The smallest absolute Gasteiger partial charge is 0.332 e. The number of ether oxygens (including phenoxy) is 1. The van der Waals surface area contributed by atoms with Crippen molar-refractivity contribution in [1.29, 1.82) is 0 Å². The lowest BCUT2D eigenvalue weighted by Crippen LogP contribution is -2.27. The molecular weight excluding hydrogens is 260 g/mol. The van der Waals surface area contributed by atoms with Gasteiger partial charge in [-0.25, -0.2) is 10.2 Å². The van der Waals surface area contributed by atoms with E-state index in [9.17, 15) is 9.59 Å². The van der Waals surface area contributed by atoms with Crippen LogP contribution in [0, 0.1) is 0 Å². The van der Waals surface area contributed by atoms with E-state index in [-0.39, 0.29) is 12.5 Å². The van der Waals surface area contributed by atoms with Crippen molar-refractivity contribution in [1.82, 2.24) is 10.3 Å². The number of primary amides is 1. The monoisotopic (exact) mass is 278 g/mol. The third-order valence-electron chi connectivity index (χ3n) is 2.47. The molecule has 1 aromatic rings. The SMILES string of the molecule is C/C(=N/NC(N)=O)c1ccc(OCC(=O)N(C)C)cc1. The third kappa shape index (κ3) is 4.97. The molecule has 0 saturated heterocycles. The molecule has 0 aliphatic heterocycles. The number of benzene rings is 1. The van der Waals surface area contributed by atoms with Crippen molar-refractivity contribution in [2.45, 2.75) is 6.92 Å². The van der Waals surface area contributed by atoms with E-state index in [1.807, 2.05) is 0 Å². The molecule has 20 heavy (non-hydrogen) atoms. The molecule has 0 atom stereocenters. The number of hydrogen-bond donors (Lipinski definition) is 2. The van der Waals surface area contributed by atoms with Gasteiger partial charge in [-0.1, -0.05) is 0 Å². The highest BCUT2D eigenvalue weighted by atomic mass is 16.5.